The number of nitrogens with zero attached hydrogens (tertiary/aromatic N) is 5. The topological polar surface area (TPSA) is 45.8 Å². The second-order valence-corrected chi connectivity index (χ2v) is 7.59. The third kappa shape index (κ3) is 3.05. The van der Waals surface area contributed by atoms with E-state index in [2.05, 4.69) is 15.3 Å². The van der Waals surface area contributed by atoms with Gasteiger partial charge in [0.05, 0.1) is 29.7 Å². The van der Waals surface area contributed by atoms with Crippen molar-refractivity contribution < 1.29 is 13.2 Å². The molecule has 1 aliphatic carbocycles. The minimum atomic E-state index is -2.74. The molecule has 8 heteroatoms. The highest BCUT2D eigenvalue weighted by molar-refractivity contribution is 5.76. The van der Waals surface area contributed by atoms with Crippen LogP contribution in [-0.4, -0.2) is 39.2 Å². The van der Waals surface area contributed by atoms with Crippen molar-refractivity contribution >= 4 is 11.0 Å². The Hall–Kier alpha value is -2.12. The van der Waals surface area contributed by atoms with Gasteiger partial charge in [0.1, 0.15) is 5.67 Å². The van der Waals surface area contributed by atoms with Crippen LogP contribution in [0.3, 0.4) is 0 Å². The second-order valence-electron chi connectivity index (χ2n) is 7.59. The lowest BCUT2D eigenvalue weighted by Gasteiger charge is -2.34. The highest BCUT2D eigenvalue weighted by Gasteiger charge is 2.44. The van der Waals surface area contributed by atoms with Gasteiger partial charge in [-0.05, 0) is 37.5 Å². The van der Waals surface area contributed by atoms with Gasteiger partial charge >= 0.3 is 0 Å². The van der Waals surface area contributed by atoms with E-state index in [0.29, 0.717) is 0 Å². The molecule has 0 bridgehead atoms. The van der Waals surface area contributed by atoms with Crippen LogP contribution in [0.1, 0.15) is 44.2 Å². The molecular weight excluding hydrogens is 343 g/mol. The van der Waals surface area contributed by atoms with Crippen LogP contribution in [0.5, 0.6) is 0 Å². The molecule has 1 fully saturated rings. The van der Waals surface area contributed by atoms with Crippen LogP contribution in [0, 0.1) is 0 Å². The molecule has 0 amide bonds. The molecule has 2 aromatic heterocycles. The van der Waals surface area contributed by atoms with Gasteiger partial charge in [0.25, 0.3) is 0 Å². The van der Waals surface area contributed by atoms with Crippen LogP contribution >= 0.6 is 0 Å². The zero-order valence-electron chi connectivity index (χ0n) is 14.9. The Bertz CT molecular complexity index is 824. The molecule has 0 spiro atoms. The van der Waals surface area contributed by atoms with Gasteiger partial charge in [0, 0.05) is 32.3 Å². The van der Waals surface area contributed by atoms with Crippen molar-refractivity contribution in [3.63, 3.8) is 0 Å². The van der Waals surface area contributed by atoms with Gasteiger partial charge in [-0.15, -0.1) is 0 Å². The van der Waals surface area contributed by atoms with Gasteiger partial charge < -0.3 is 4.57 Å². The highest BCUT2D eigenvalue weighted by Crippen LogP contribution is 2.42. The minimum absolute atomic E-state index is 0.00996. The van der Waals surface area contributed by atoms with E-state index in [1.165, 1.54) is 0 Å². The van der Waals surface area contributed by atoms with E-state index in [4.69, 9.17) is 0 Å². The summed E-state index contributed by atoms with van der Waals surface area (Å²) in [5, 5.41) is 10.0. The molecule has 3 heterocycles. The van der Waals surface area contributed by atoms with Crippen LogP contribution in [0.15, 0.2) is 34.9 Å². The Labute approximate surface area is 149 Å². The first kappa shape index (κ1) is 17.3. The summed E-state index contributed by atoms with van der Waals surface area (Å²) in [6.07, 6.45) is 2.57. The number of likely N-dealkylation sites (N-methyl/N-ethyl adjacent to an activating group) is 1. The smallest absolute Gasteiger partial charge is 0.248 e. The van der Waals surface area contributed by atoms with Crippen LogP contribution in [0.4, 0.5) is 13.2 Å². The van der Waals surface area contributed by atoms with Crippen molar-refractivity contribution in [2.24, 2.45) is 10.3 Å². The molecule has 140 valence electrons. The first-order valence-corrected chi connectivity index (χ1v) is 8.92. The molecule has 2 atom stereocenters. The van der Waals surface area contributed by atoms with Crippen molar-refractivity contribution in [1.29, 1.82) is 0 Å². The molecule has 5 nitrogen and oxygen atoms in total. The number of hydrogen-bond donors (Lipinski definition) is 0. The molecule has 26 heavy (non-hydrogen) atoms. The van der Waals surface area contributed by atoms with Crippen molar-refractivity contribution in [2.45, 2.75) is 62.8 Å². The van der Waals surface area contributed by atoms with Crippen molar-refractivity contribution in [1.82, 2.24) is 14.6 Å². The predicted octanol–water partition coefficient (Wildman–Crippen LogP) is 4.70. The van der Waals surface area contributed by atoms with Gasteiger partial charge in [-0.1, -0.05) is 5.22 Å². The molecular formula is C18H22F3N5. The number of aromatic nitrogens is 2. The number of fused-ring (bicyclic) bond motifs is 1. The van der Waals surface area contributed by atoms with Gasteiger partial charge in [-0.25, -0.2) is 13.2 Å². The molecule has 1 aliphatic heterocycles. The normalized spacial score (nSPS) is 27.3. The average molecular weight is 365 g/mol. The summed E-state index contributed by atoms with van der Waals surface area (Å²) < 4.78 is 43.7. The quantitative estimate of drug-likeness (QED) is 0.792. The van der Waals surface area contributed by atoms with E-state index in [1.54, 1.807) is 22.0 Å². The van der Waals surface area contributed by atoms with Crippen molar-refractivity contribution in [2.75, 3.05) is 7.05 Å². The lowest BCUT2D eigenvalue weighted by Crippen LogP contribution is -2.38. The fraction of sp³-hybridized carbons (Fsp3) is 0.611. The van der Waals surface area contributed by atoms with Crippen molar-refractivity contribution in [3.05, 3.63) is 30.1 Å². The largest absolute Gasteiger partial charge is 0.343 e. The molecule has 0 aromatic carbocycles. The number of rotatable bonds is 3. The van der Waals surface area contributed by atoms with E-state index in [1.807, 2.05) is 26.1 Å². The number of halogens is 3. The second kappa shape index (κ2) is 5.96. The summed E-state index contributed by atoms with van der Waals surface area (Å²) in [4.78, 5) is 4.48. The third-order valence-electron chi connectivity index (χ3n) is 5.55. The zero-order chi connectivity index (χ0) is 18.5. The van der Waals surface area contributed by atoms with E-state index < -0.39 is 11.6 Å². The molecule has 1 saturated carbocycles. The van der Waals surface area contributed by atoms with E-state index in [0.717, 1.165) is 16.6 Å². The first-order chi connectivity index (χ1) is 12.3. The monoisotopic (exact) mass is 365 g/mol. The molecule has 0 saturated heterocycles. The van der Waals surface area contributed by atoms with Crippen LogP contribution in [0.25, 0.3) is 11.0 Å². The molecule has 0 N–H and O–H groups in total. The van der Waals surface area contributed by atoms with Gasteiger partial charge in [0.2, 0.25) is 5.92 Å². The maximum atomic E-state index is 15.1. The summed E-state index contributed by atoms with van der Waals surface area (Å²) in [5.74, 6) is -2.74. The molecule has 2 aromatic rings. The standard InChI is InChI=1S/C18H22F3N5/c1-12-16(25(2)24-23-12)13-9-15-14(22-10-13)3-8-26(15)11-17(19)4-6-18(20,21)7-5-17/h3,8-10,12,16H,4-7,11H2,1-2H3. The Morgan fingerprint density at radius 1 is 1.19 bits per heavy atom. The van der Waals surface area contributed by atoms with Crippen LogP contribution in [0.2, 0.25) is 0 Å². The van der Waals surface area contributed by atoms with Gasteiger partial charge in [-0.3, -0.25) is 9.99 Å². The summed E-state index contributed by atoms with van der Waals surface area (Å²) in [5.41, 5.74) is 0.928. The minimum Gasteiger partial charge on any atom is -0.343 e. The maximum Gasteiger partial charge on any atom is 0.248 e. The summed E-state index contributed by atoms with van der Waals surface area (Å²) in [6.45, 7) is 2.06. The first-order valence-electron chi connectivity index (χ1n) is 8.92. The Balaban J connectivity index is 1.61. The third-order valence-corrected chi connectivity index (χ3v) is 5.55. The van der Waals surface area contributed by atoms with Crippen molar-refractivity contribution in [3.8, 4) is 0 Å². The van der Waals surface area contributed by atoms with Crippen LogP contribution < -0.4 is 0 Å². The lowest BCUT2D eigenvalue weighted by atomic mass is 9.84. The maximum absolute atomic E-state index is 15.1. The van der Waals surface area contributed by atoms with E-state index in [-0.39, 0.29) is 44.3 Å². The molecule has 4 rings (SSSR count). The zero-order valence-corrected chi connectivity index (χ0v) is 14.9. The summed E-state index contributed by atoms with van der Waals surface area (Å²) in [7, 11) is 1.86. The predicted molar refractivity (Wildman–Crippen MR) is 91.8 cm³/mol. The Kier molecular flexibility index (Phi) is 3.96. The van der Waals surface area contributed by atoms with Gasteiger partial charge in [0.15, 0.2) is 0 Å². The summed E-state index contributed by atoms with van der Waals surface area (Å²) in [6, 6.07) is 3.81. The summed E-state index contributed by atoms with van der Waals surface area (Å²) >= 11 is 0. The Morgan fingerprint density at radius 3 is 2.58 bits per heavy atom. The number of pyridine rings is 1. The fourth-order valence-corrected chi connectivity index (χ4v) is 3.99. The molecule has 2 aliphatic rings. The Morgan fingerprint density at radius 2 is 1.92 bits per heavy atom. The SMILES string of the molecule is CC1N=NN(C)C1c1cnc2ccn(CC3(F)CCC(F)(F)CC3)c2c1. The van der Waals surface area contributed by atoms with Gasteiger partial charge in [-0.2, -0.15) is 5.11 Å². The van der Waals surface area contributed by atoms with E-state index in [9.17, 15) is 8.78 Å². The van der Waals surface area contributed by atoms with Crippen LogP contribution in [-0.2, 0) is 6.54 Å². The van der Waals surface area contributed by atoms with E-state index >= 15 is 4.39 Å². The number of alkyl halides is 3. The lowest BCUT2D eigenvalue weighted by molar-refractivity contribution is -0.0791. The fourth-order valence-electron chi connectivity index (χ4n) is 3.99. The molecule has 2 unspecified atom stereocenters. The highest BCUT2D eigenvalue weighted by atomic mass is 19.3. The molecule has 0 radical (unpaired) electrons. The number of hydrogen-bond acceptors (Lipinski definition) is 4. The average Bonchev–Trinajstić information content (AvgIpc) is 3.14.